The summed E-state index contributed by atoms with van der Waals surface area (Å²) in [5.74, 6) is 1.10. The molecule has 0 aliphatic heterocycles. The van der Waals surface area contributed by atoms with Gasteiger partial charge in [0.2, 0.25) is 0 Å². The molecule has 2 atom stereocenters. The van der Waals surface area contributed by atoms with E-state index in [4.69, 9.17) is 9.26 Å². The molecule has 0 bridgehead atoms. The second-order valence-corrected chi connectivity index (χ2v) is 5.60. The Labute approximate surface area is 107 Å². The highest BCUT2D eigenvalue weighted by Crippen LogP contribution is 2.26. The van der Waals surface area contributed by atoms with Gasteiger partial charge in [0, 0.05) is 12.5 Å². The Morgan fingerprint density at radius 3 is 2.72 bits per heavy atom. The molecule has 5 nitrogen and oxygen atoms in total. The van der Waals surface area contributed by atoms with Crippen molar-refractivity contribution in [1.29, 1.82) is 0 Å². The summed E-state index contributed by atoms with van der Waals surface area (Å²) in [5, 5.41) is 15.0. The van der Waals surface area contributed by atoms with Crippen LogP contribution in [0.2, 0.25) is 0 Å². The molecule has 0 spiro atoms. The molecule has 1 N–H and O–H groups in total. The fourth-order valence-corrected chi connectivity index (χ4v) is 2.00. The van der Waals surface area contributed by atoms with Crippen LogP contribution in [0.5, 0.6) is 0 Å². The van der Waals surface area contributed by atoms with Crippen molar-refractivity contribution in [2.45, 2.75) is 51.9 Å². The molecule has 0 saturated heterocycles. The Bertz CT molecular complexity index is 434. The molecule has 1 aliphatic rings. The van der Waals surface area contributed by atoms with Gasteiger partial charge in [-0.05, 0) is 27.7 Å². The molecule has 2 rings (SSSR count). The van der Waals surface area contributed by atoms with Gasteiger partial charge in [0.25, 0.3) is 0 Å². The highest BCUT2D eigenvalue weighted by Gasteiger charge is 2.28. The quantitative estimate of drug-likeness (QED) is 0.662. The molecular formula is C13H20N2O3. The van der Waals surface area contributed by atoms with E-state index >= 15 is 0 Å². The minimum atomic E-state index is -0.186. The van der Waals surface area contributed by atoms with E-state index in [-0.39, 0.29) is 17.7 Å². The summed E-state index contributed by atoms with van der Waals surface area (Å²) in [6.07, 6.45) is 4.64. The SMILES string of the molecule is Cc1cc(N(O)[C@H]2C=C[C@H](OC(C)(C)C)C2)no1. The van der Waals surface area contributed by atoms with Gasteiger partial charge in [0.1, 0.15) is 5.76 Å². The molecule has 0 fully saturated rings. The number of rotatable bonds is 3. The summed E-state index contributed by atoms with van der Waals surface area (Å²) in [6, 6.07) is 1.58. The van der Waals surface area contributed by atoms with Crippen LogP contribution in [0.4, 0.5) is 5.82 Å². The second kappa shape index (κ2) is 4.74. The van der Waals surface area contributed by atoms with Crippen LogP contribution in [-0.4, -0.2) is 28.1 Å². The van der Waals surface area contributed by atoms with E-state index in [9.17, 15) is 5.21 Å². The molecule has 100 valence electrons. The van der Waals surface area contributed by atoms with Crippen molar-refractivity contribution < 1.29 is 14.5 Å². The fourth-order valence-electron chi connectivity index (χ4n) is 2.00. The zero-order chi connectivity index (χ0) is 13.3. The van der Waals surface area contributed by atoms with E-state index in [1.165, 1.54) is 0 Å². The molecule has 1 heterocycles. The Balaban J connectivity index is 1.95. The van der Waals surface area contributed by atoms with Gasteiger partial charge in [0.05, 0.1) is 17.7 Å². The van der Waals surface area contributed by atoms with Crippen molar-refractivity contribution in [3.05, 3.63) is 24.0 Å². The molecule has 0 aromatic carbocycles. The first-order chi connectivity index (χ1) is 8.35. The Morgan fingerprint density at radius 2 is 2.17 bits per heavy atom. The Morgan fingerprint density at radius 1 is 1.44 bits per heavy atom. The fraction of sp³-hybridized carbons (Fsp3) is 0.615. The lowest BCUT2D eigenvalue weighted by molar-refractivity contribution is -0.0401. The number of ether oxygens (including phenoxy) is 1. The van der Waals surface area contributed by atoms with Crippen molar-refractivity contribution in [2.24, 2.45) is 0 Å². The number of hydrogen-bond donors (Lipinski definition) is 1. The van der Waals surface area contributed by atoms with Crippen LogP contribution in [0.15, 0.2) is 22.7 Å². The van der Waals surface area contributed by atoms with Crippen LogP contribution in [0, 0.1) is 6.92 Å². The number of aryl methyl sites for hydroxylation is 1. The van der Waals surface area contributed by atoms with Crippen LogP contribution in [-0.2, 0) is 4.74 Å². The summed E-state index contributed by atoms with van der Waals surface area (Å²) < 4.78 is 10.8. The smallest absolute Gasteiger partial charge is 0.196 e. The van der Waals surface area contributed by atoms with Crippen LogP contribution in [0.25, 0.3) is 0 Å². The average molecular weight is 252 g/mol. The molecule has 1 aliphatic carbocycles. The molecule has 1 aromatic rings. The van der Waals surface area contributed by atoms with Gasteiger partial charge in [-0.15, -0.1) is 0 Å². The summed E-state index contributed by atoms with van der Waals surface area (Å²) in [7, 11) is 0. The van der Waals surface area contributed by atoms with Crippen molar-refractivity contribution in [3.63, 3.8) is 0 Å². The lowest BCUT2D eigenvalue weighted by Crippen LogP contribution is -2.33. The van der Waals surface area contributed by atoms with Gasteiger partial charge >= 0.3 is 0 Å². The number of anilines is 1. The maximum Gasteiger partial charge on any atom is 0.196 e. The largest absolute Gasteiger partial charge is 0.368 e. The van der Waals surface area contributed by atoms with Crippen LogP contribution >= 0.6 is 0 Å². The minimum absolute atomic E-state index is 0.0256. The summed E-state index contributed by atoms with van der Waals surface area (Å²) >= 11 is 0. The first-order valence-corrected chi connectivity index (χ1v) is 6.13. The molecule has 18 heavy (non-hydrogen) atoms. The predicted molar refractivity (Wildman–Crippen MR) is 67.7 cm³/mol. The molecule has 0 amide bonds. The van der Waals surface area contributed by atoms with E-state index < -0.39 is 0 Å². The zero-order valence-electron chi connectivity index (χ0n) is 11.3. The van der Waals surface area contributed by atoms with Gasteiger partial charge in [0.15, 0.2) is 5.82 Å². The van der Waals surface area contributed by atoms with Crippen LogP contribution in [0.1, 0.15) is 33.0 Å². The summed E-state index contributed by atoms with van der Waals surface area (Å²) in [5.41, 5.74) is -0.186. The zero-order valence-corrected chi connectivity index (χ0v) is 11.3. The number of hydrogen-bond acceptors (Lipinski definition) is 5. The van der Waals surface area contributed by atoms with E-state index in [0.717, 1.165) is 5.06 Å². The lowest BCUT2D eigenvalue weighted by atomic mass is 10.1. The van der Waals surface area contributed by atoms with Gasteiger partial charge in [-0.2, -0.15) is 0 Å². The third-order valence-electron chi connectivity index (χ3n) is 2.69. The lowest BCUT2D eigenvalue weighted by Gasteiger charge is -2.26. The molecule has 5 heteroatoms. The normalized spacial score (nSPS) is 23.6. The Kier molecular flexibility index (Phi) is 3.45. The maximum absolute atomic E-state index is 10.1. The van der Waals surface area contributed by atoms with Gasteiger partial charge in [-0.25, -0.2) is 5.06 Å². The highest BCUT2D eigenvalue weighted by molar-refractivity contribution is 5.38. The predicted octanol–water partition coefficient (Wildman–Crippen LogP) is 2.69. The molecule has 0 unspecified atom stereocenters. The van der Waals surface area contributed by atoms with Crippen LogP contribution in [0.3, 0.4) is 0 Å². The Hall–Kier alpha value is -1.33. The van der Waals surface area contributed by atoms with E-state index in [1.54, 1.807) is 13.0 Å². The van der Waals surface area contributed by atoms with Crippen LogP contribution < -0.4 is 5.06 Å². The van der Waals surface area contributed by atoms with E-state index in [1.807, 2.05) is 32.9 Å². The van der Waals surface area contributed by atoms with Gasteiger partial charge in [-0.1, -0.05) is 17.3 Å². The first-order valence-electron chi connectivity index (χ1n) is 6.13. The van der Waals surface area contributed by atoms with Crippen molar-refractivity contribution in [2.75, 3.05) is 5.06 Å². The van der Waals surface area contributed by atoms with Crippen molar-refractivity contribution in [3.8, 4) is 0 Å². The molecule has 0 saturated carbocycles. The topological polar surface area (TPSA) is 58.7 Å². The maximum atomic E-state index is 10.1. The van der Waals surface area contributed by atoms with Crippen molar-refractivity contribution in [1.82, 2.24) is 5.16 Å². The van der Waals surface area contributed by atoms with Gasteiger partial charge < -0.3 is 9.26 Å². The number of hydroxylamine groups is 1. The van der Waals surface area contributed by atoms with Crippen molar-refractivity contribution >= 4 is 5.82 Å². The molecule has 0 radical (unpaired) electrons. The summed E-state index contributed by atoms with van der Waals surface area (Å²) in [4.78, 5) is 0. The summed E-state index contributed by atoms with van der Waals surface area (Å²) in [6.45, 7) is 7.85. The number of aromatic nitrogens is 1. The molecule has 1 aromatic heterocycles. The third-order valence-corrected chi connectivity index (χ3v) is 2.69. The van der Waals surface area contributed by atoms with E-state index in [0.29, 0.717) is 18.0 Å². The minimum Gasteiger partial charge on any atom is -0.368 e. The van der Waals surface area contributed by atoms with E-state index in [2.05, 4.69) is 5.16 Å². The third kappa shape index (κ3) is 3.11. The molecular weight excluding hydrogens is 232 g/mol. The number of nitrogens with zero attached hydrogens (tertiary/aromatic N) is 2. The second-order valence-electron chi connectivity index (χ2n) is 5.60. The monoisotopic (exact) mass is 252 g/mol. The highest BCUT2D eigenvalue weighted by atomic mass is 16.5. The van der Waals surface area contributed by atoms with Gasteiger partial charge in [-0.3, -0.25) is 5.21 Å². The standard InChI is InChI=1S/C13H20N2O3/c1-9-7-12(14-18-9)15(16)10-5-6-11(8-10)17-13(2,3)4/h5-7,10-11,16H,8H2,1-4H3/t10-,11-/m0/s1. The average Bonchev–Trinajstić information content (AvgIpc) is 2.84. The first kappa shape index (κ1) is 13.1.